The number of aromatic hydroxyl groups is 2. The molecule has 3 rings (SSSR count). The Morgan fingerprint density at radius 2 is 1.37 bits per heavy atom. The van der Waals surface area contributed by atoms with E-state index in [1.54, 1.807) is 45.9 Å². The predicted octanol–water partition coefficient (Wildman–Crippen LogP) is 1.43. The van der Waals surface area contributed by atoms with Gasteiger partial charge in [-0.1, -0.05) is 56.7 Å². The molecule has 0 radical (unpaired) electrons. The molecule has 7 amide bonds. The monoisotopic (exact) mass is 933 g/mol. The topological polar surface area (TPSA) is 308 Å². The van der Waals surface area contributed by atoms with Crippen molar-refractivity contribution in [2.75, 3.05) is 0 Å². The SMILES string of the molecule is C/C=C1\NC(=O)[C@H](C)NC(=O)[C@@H](NC(=O)[C@@H](Cc2ccc(O)cc2)NC(=O)[C@@H](NC(=O)/C(C)=C/C)C(C)C)[C@@H](C)OC(=O)[C@H](CCCCc2ccc(O)cc2)NC(=O)[C@@H](CCC(=O)O)NC1=O. The molecule has 2 aromatic rings. The van der Waals surface area contributed by atoms with Gasteiger partial charge in [-0.05, 0) is 102 Å². The lowest BCUT2D eigenvalue weighted by molar-refractivity contribution is -0.156. The number of allylic oxidation sites excluding steroid dienone is 2. The summed E-state index contributed by atoms with van der Waals surface area (Å²) >= 11 is 0. The van der Waals surface area contributed by atoms with Gasteiger partial charge in [0.2, 0.25) is 35.4 Å². The summed E-state index contributed by atoms with van der Waals surface area (Å²) in [5, 5.41) is 46.7. The number of phenolic OH excluding ortho intramolecular Hbond substituents is 2. The first-order valence-corrected chi connectivity index (χ1v) is 22.0. The lowest BCUT2D eigenvalue weighted by Gasteiger charge is -2.30. The minimum absolute atomic E-state index is 0.0345. The number of unbranched alkanes of at least 4 members (excludes halogenated alkanes) is 1. The average Bonchev–Trinajstić information content (AvgIpc) is 3.28. The number of esters is 1. The van der Waals surface area contributed by atoms with Crippen LogP contribution in [0.5, 0.6) is 11.5 Å². The fourth-order valence-corrected chi connectivity index (χ4v) is 6.75. The van der Waals surface area contributed by atoms with Crippen LogP contribution in [-0.4, -0.2) is 111 Å². The van der Waals surface area contributed by atoms with Gasteiger partial charge in [0.05, 0.1) is 0 Å². The highest BCUT2D eigenvalue weighted by Gasteiger charge is 2.38. The van der Waals surface area contributed by atoms with Crippen LogP contribution in [0.2, 0.25) is 0 Å². The van der Waals surface area contributed by atoms with Crippen LogP contribution in [0.1, 0.15) is 91.7 Å². The molecule has 20 heteroatoms. The van der Waals surface area contributed by atoms with Crippen LogP contribution in [0.3, 0.4) is 0 Å². The molecule has 0 aromatic heterocycles. The Balaban J connectivity index is 2.06. The van der Waals surface area contributed by atoms with Gasteiger partial charge < -0.3 is 57.3 Å². The number of ether oxygens (including phenoxy) is 1. The minimum atomic E-state index is -1.77. The van der Waals surface area contributed by atoms with Crippen molar-refractivity contribution >= 4 is 53.3 Å². The molecular weight excluding hydrogens is 871 g/mol. The summed E-state index contributed by atoms with van der Waals surface area (Å²) in [6.07, 6.45) is 1.40. The van der Waals surface area contributed by atoms with Gasteiger partial charge in [-0.15, -0.1) is 0 Å². The van der Waals surface area contributed by atoms with Gasteiger partial charge in [0.1, 0.15) is 59.6 Å². The van der Waals surface area contributed by atoms with Crippen LogP contribution in [0, 0.1) is 5.92 Å². The van der Waals surface area contributed by atoms with Crippen LogP contribution in [0.4, 0.5) is 0 Å². The number of carboxylic acids is 1. The van der Waals surface area contributed by atoms with E-state index in [-0.39, 0.29) is 30.0 Å². The van der Waals surface area contributed by atoms with E-state index in [9.17, 15) is 58.5 Å². The first kappa shape index (κ1) is 54.1. The zero-order chi connectivity index (χ0) is 50.0. The zero-order valence-electron chi connectivity index (χ0n) is 38.8. The number of nitrogens with one attached hydrogen (secondary N) is 7. The van der Waals surface area contributed by atoms with Crippen molar-refractivity contribution in [2.45, 2.75) is 136 Å². The molecule has 1 aliphatic heterocycles. The van der Waals surface area contributed by atoms with Gasteiger partial charge in [0, 0.05) is 18.4 Å². The van der Waals surface area contributed by atoms with Crippen molar-refractivity contribution < 1.29 is 63.2 Å². The third-order valence-electron chi connectivity index (χ3n) is 10.9. The summed E-state index contributed by atoms with van der Waals surface area (Å²) < 4.78 is 5.80. The summed E-state index contributed by atoms with van der Waals surface area (Å²) in [7, 11) is 0. The Kier molecular flexibility index (Phi) is 21.0. The van der Waals surface area contributed by atoms with Crippen LogP contribution in [0.25, 0.3) is 0 Å². The van der Waals surface area contributed by atoms with E-state index in [0.29, 0.717) is 30.4 Å². The molecule has 20 nitrogen and oxygen atoms in total. The summed E-state index contributed by atoms with van der Waals surface area (Å²) in [5.41, 5.74) is 1.34. The number of carbonyl (C=O) groups is 9. The Morgan fingerprint density at radius 3 is 1.94 bits per heavy atom. The molecular formula is C47H63N7O13. The van der Waals surface area contributed by atoms with Crippen LogP contribution >= 0.6 is 0 Å². The van der Waals surface area contributed by atoms with Crippen LogP contribution in [-0.2, 0) is 60.7 Å². The maximum absolute atomic E-state index is 14.4. The first-order chi connectivity index (χ1) is 31.6. The number of aliphatic carboxylic acids is 1. The van der Waals surface area contributed by atoms with Gasteiger partial charge in [-0.3, -0.25) is 38.4 Å². The number of carboxylic acid groups (broad SMARTS) is 1. The third kappa shape index (κ3) is 17.2. The van der Waals surface area contributed by atoms with Crippen molar-refractivity contribution in [3.8, 4) is 11.5 Å². The van der Waals surface area contributed by atoms with E-state index in [2.05, 4.69) is 37.2 Å². The molecule has 0 unspecified atom stereocenters. The molecule has 0 spiro atoms. The van der Waals surface area contributed by atoms with Gasteiger partial charge in [-0.25, -0.2) is 4.79 Å². The molecule has 364 valence electrons. The van der Waals surface area contributed by atoms with Gasteiger partial charge in [-0.2, -0.15) is 0 Å². The second-order valence-corrected chi connectivity index (χ2v) is 16.6. The first-order valence-electron chi connectivity index (χ1n) is 22.0. The fraction of sp³-hybridized carbons (Fsp3) is 0.468. The average molecular weight is 934 g/mol. The molecule has 0 aliphatic carbocycles. The second kappa shape index (κ2) is 26.0. The second-order valence-electron chi connectivity index (χ2n) is 16.6. The van der Waals surface area contributed by atoms with E-state index >= 15 is 0 Å². The van der Waals surface area contributed by atoms with Gasteiger partial charge in [0.15, 0.2) is 0 Å². The zero-order valence-corrected chi connectivity index (χ0v) is 38.8. The number of hydrogen-bond donors (Lipinski definition) is 10. The lowest BCUT2D eigenvalue weighted by Crippen LogP contribution is -2.62. The molecule has 7 atom stereocenters. The van der Waals surface area contributed by atoms with E-state index in [1.807, 2.05) is 0 Å². The molecule has 1 aliphatic rings. The van der Waals surface area contributed by atoms with Crippen molar-refractivity contribution in [3.63, 3.8) is 0 Å². The normalized spacial score (nSPS) is 21.4. The van der Waals surface area contributed by atoms with Crippen molar-refractivity contribution in [1.29, 1.82) is 0 Å². The summed E-state index contributed by atoms with van der Waals surface area (Å²) in [6, 6.07) is 3.57. The van der Waals surface area contributed by atoms with Gasteiger partial charge in [0.25, 0.3) is 5.91 Å². The molecule has 1 heterocycles. The van der Waals surface area contributed by atoms with E-state index in [0.717, 1.165) is 5.56 Å². The number of hydrogen-bond acceptors (Lipinski definition) is 12. The van der Waals surface area contributed by atoms with Crippen molar-refractivity contribution in [1.82, 2.24) is 37.2 Å². The molecule has 0 saturated carbocycles. The molecule has 67 heavy (non-hydrogen) atoms. The molecule has 1 saturated heterocycles. The van der Waals surface area contributed by atoms with Crippen LogP contribution < -0.4 is 37.2 Å². The standard InChI is InChI=1S/C47H63N7O13/c1-8-26(5)40(59)53-38(25(3)4)45(64)52-36(24-30-16-20-32(56)21-17-30)44(63)54-39-28(7)67-47(66)35(13-11-10-12-29-14-18-31(55)19-15-29)51-43(62)34(22-23-37(57)58)50-42(61)33(9-2)49-41(60)27(6)48-46(39)65/h8-9,14-21,25,27-28,34-36,38-39,55-56H,10-13,22-24H2,1-7H3,(H,48,65)(H,49,60)(H,50,61)(H,51,62)(H,52,64)(H,53,59)(H,54,63)(H,57,58)/b26-8+,33-9-/t27-,28+,34+,35-,36+,38-,39-/m0/s1. The molecule has 10 N–H and O–H groups in total. The van der Waals surface area contributed by atoms with Crippen molar-refractivity contribution in [3.05, 3.63) is 83.1 Å². The number of benzene rings is 2. The number of amides is 7. The smallest absolute Gasteiger partial charge is 0.328 e. The third-order valence-corrected chi connectivity index (χ3v) is 10.9. The molecule has 1 fully saturated rings. The maximum Gasteiger partial charge on any atom is 0.328 e. The van der Waals surface area contributed by atoms with Gasteiger partial charge >= 0.3 is 11.9 Å². The Labute approximate surface area is 389 Å². The van der Waals surface area contributed by atoms with Crippen LogP contribution in [0.15, 0.2) is 72.0 Å². The number of cyclic esters (lactones) is 1. The number of carbonyl (C=O) groups excluding carboxylic acids is 8. The number of phenols is 2. The lowest BCUT2D eigenvalue weighted by atomic mass is 10.00. The summed E-state index contributed by atoms with van der Waals surface area (Å²) in [6.45, 7) is 10.6. The Bertz CT molecular complexity index is 2170. The highest BCUT2D eigenvalue weighted by molar-refractivity contribution is 6.02. The highest BCUT2D eigenvalue weighted by atomic mass is 16.5. The Hall–Kier alpha value is -7.25. The van der Waals surface area contributed by atoms with E-state index in [4.69, 9.17) is 4.74 Å². The summed E-state index contributed by atoms with van der Waals surface area (Å²) in [5.74, 6) is -8.86. The van der Waals surface area contributed by atoms with Crippen molar-refractivity contribution in [2.24, 2.45) is 5.92 Å². The minimum Gasteiger partial charge on any atom is -0.508 e. The molecule has 2 aromatic carbocycles. The number of rotatable bonds is 17. The maximum atomic E-state index is 14.4. The fourth-order valence-electron chi connectivity index (χ4n) is 6.75. The quantitative estimate of drug-likeness (QED) is 0.0611. The predicted molar refractivity (Wildman–Crippen MR) is 243 cm³/mol. The Morgan fingerprint density at radius 1 is 0.761 bits per heavy atom. The highest BCUT2D eigenvalue weighted by Crippen LogP contribution is 2.17. The number of aryl methyl sites for hydroxylation is 1. The molecule has 0 bridgehead atoms. The summed E-state index contributed by atoms with van der Waals surface area (Å²) in [4.78, 5) is 122. The van der Waals surface area contributed by atoms with E-state index < -0.39 is 114 Å². The van der Waals surface area contributed by atoms with E-state index in [1.165, 1.54) is 63.2 Å². The largest absolute Gasteiger partial charge is 0.508 e.